The Balaban J connectivity index is 0.00000480. The molecule has 0 amide bonds. The first kappa shape index (κ1) is 27.9. The molecule has 1 saturated heterocycles. The van der Waals surface area contributed by atoms with Gasteiger partial charge in [0, 0.05) is 43.9 Å². The van der Waals surface area contributed by atoms with Crippen LogP contribution in [0.25, 0.3) is 0 Å². The van der Waals surface area contributed by atoms with Crippen LogP contribution >= 0.6 is 24.0 Å². The number of rotatable bonds is 11. The summed E-state index contributed by atoms with van der Waals surface area (Å²) >= 11 is 0. The number of hydrogen-bond donors (Lipinski definition) is 2. The molecule has 0 aromatic heterocycles. The maximum atomic E-state index is 5.95. The van der Waals surface area contributed by atoms with Crippen LogP contribution in [0.15, 0.2) is 23.2 Å². The number of halogens is 1. The van der Waals surface area contributed by atoms with Crippen LogP contribution in [0.2, 0.25) is 0 Å². The van der Waals surface area contributed by atoms with E-state index in [9.17, 15) is 0 Å². The van der Waals surface area contributed by atoms with E-state index in [-0.39, 0.29) is 29.5 Å². The summed E-state index contributed by atoms with van der Waals surface area (Å²) in [6.45, 7) is 18.2. The van der Waals surface area contributed by atoms with Gasteiger partial charge in [-0.15, -0.1) is 24.0 Å². The van der Waals surface area contributed by atoms with E-state index in [0.29, 0.717) is 26.4 Å². The van der Waals surface area contributed by atoms with Gasteiger partial charge in [-0.3, -0.25) is 4.90 Å². The van der Waals surface area contributed by atoms with Crippen LogP contribution in [0.5, 0.6) is 5.75 Å². The second kappa shape index (κ2) is 14.9. The molecule has 0 unspecified atom stereocenters. The Bertz CT molecular complexity index is 664. The van der Waals surface area contributed by atoms with Crippen molar-refractivity contribution in [2.45, 2.75) is 46.7 Å². The fourth-order valence-electron chi connectivity index (χ4n) is 3.37. The highest BCUT2D eigenvalue weighted by Gasteiger charge is 2.28. The highest BCUT2D eigenvalue weighted by molar-refractivity contribution is 14.0. The molecule has 2 rings (SSSR count). The molecule has 0 aliphatic carbocycles. The van der Waals surface area contributed by atoms with E-state index in [1.165, 1.54) is 5.56 Å². The van der Waals surface area contributed by atoms with Crippen LogP contribution in [-0.2, 0) is 16.0 Å². The topological polar surface area (TPSA) is 67.4 Å². The van der Waals surface area contributed by atoms with Gasteiger partial charge >= 0.3 is 0 Å². The standard InChI is InChI=1S/C23H40N4O3.HI/c1-6-24-22(26-18-23(4,5)27-10-12-29-13-11-27)25-17-20-9-8-19(3)16-21(20)30-15-14-28-7-2;/h8-9,16H,6-7,10-15,17-18H2,1-5H3,(H2,24,25,26);1H. The van der Waals surface area contributed by atoms with E-state index < -0.39 is 0 Å². The van der Waals surface area contributed by atoms with Gasteiger partial charge in [0.05, 0.1) is 26.4 Å². The Morgan fingerprint density at radius 3 is 2.58 bits per heavy atom. The summed E-state index contributed by atoms with van der Waals surface area (Å²) in [6, 6.07) is 6.26. The van der Waals surface area contributed by atoms with E-state index in [2.05, 4.69) is 61.4 Å². The zero-order chi connectivity index (χ0) is 21.8. The van der Waals surface area contributed by atoms with Gasteiger partial charge in [0.2, 0.25) is 0 Å². The number of nitrogens with zero attached hydrogens (tertiary/aromatic N) is 2. The van der Waals surface area contributed by atoms with Crippen LogP contribution in [0.3, 0.4) is 0 Å². The molecule has 0 spiro atoms. The van der Waals surface area contributed by atoms with E-state index >= 15 is 0 Å². The third kappa shape index (κ3) is 9.93. The number of nitrogens with one attached hydrogen (secondary N) is 2. The SMILES string of the molecule is CCNC(=NCc1ccc(C)cc1OCCOCC)NCC(C)(C)N1CCOCC1.I. The van der Waals surface area contributed by atoms with Crippen molar-refractivity contribution in [3.8, 4) is 5.75 Å². The molecule has 178 valence electrons. The van der Waals surface area contributed by atoms with Gasteiger partial charge in [-0.2, -0.15) is 0 Å². The first-order valence-corrected chi connectivity index (χ1v) is 11.1. The van der Waals surface area contributed by atoms with Crippen molar-refractivity contribution in [2.24, 2.45) is 4.99 Å². The molecule has 1 aliphatic heterocycles. The number of morpholine rings is 1. The van der Waals surface area contributed by atoms with Gasteiger partial charge < -0.3 is 24.8 Å². The molecule has 0 radical (unpaired) electrons. The number of hydrogen-bond acceptors (Lipinski definition) is 5. The van der Waals surface area contributed by atoms with Gasteiger partial charge in [0.1, 0.15) is 12.4 Å². The van der Waals surface area contributed by atoms with Crippen LogP contribution < -0.4 is 15.4 Å². The Morgan fingerprint density at radius 2 is 1.90 bits per heavy atom. The minimum atomic E-state index is 0. The summed E-state index contributed by atoms with van der Waals surface area (Å²) in [4.78, 5) is 7.28. The monoisotopic (exact) mass is 548 g/mol. The summed E-state index contributed by atoms with van der Waals surface area (Å²) in [6.07, 6.45) is 0. The lowest BCUT2D eigenvalue weighted by Crippen LogP contribution is -2.56. The molecule has 0 saturated carbocycles. The largest absolute Gasteiger partial charge is 0.491 e. The molecular weight excluding hydrogens is 507 g/mol. The van der Waals surface area contributed by atoms with Gasteiger partial charge in [-0.05, 0) is 46.2 Å². The molecule has 1 aliphatic rings. The smallest absolute Gasteiger partial charge is 0.191 e. The minimum Gasteiger partial charge on any atom is -0.491 e. The first-order valence-electron chi connectivity index (χ1n) is 11.1. The van der Waals surface area contributed by atoms with E-state index in [1.54, 1.807) is 0 Å². The summed E-state index contributed by atoms with van der Waals surface area (Å²) < 4.78 is 16.8. The number of ether oxygens (including phenoxy) is 3. The second-order valence-corrected chi connectivity index (χ2v) is 8.12. The normalized spacial score (nSPS) is 15.3. The van der Waals surface area contributed by atoms with Crippen molar-refractivity contribution in [1.29, 1.82) is 0 Å². The van der Waals surface area contributed by atoms with Crippen LogP contribution in [0.4, 0.5) is 0 Å². The molecule has 1 aromatic carbocycles. The van der Waals surface area contributed by atoms with E-state index in [4.69, 9.17) is 19.2 Å². The zero-order valence-electron chi connectivity index (χ0n) is 19.8. The predicted molar refractivity (Wildman–Crippen MR) is 138 cm³/mol. The predicted octanol–water partition coefficient (Wildman–Crippen LogP) is 3.19. The third-order valence-corrected chi connectivity index (χ3v) is 5.22. The first-order chi connectivity index (χ1) is 14.5. The quantitative estimate of drug-likeness (QED) is 0.192. The van der Waals surface area contributed by atoms with Crippen molar-refractivity contribution < 1.29 is 14.2 Å². The number of aliphatic imine (C=N–C) groups is 1. The molecule has 31 heavy (non-hydrogen) atoms. The lowest BCUT2D eigenvalue weighted by Gasteiger charge is -2.41. The number of aryl methyl sites for hydroxylation is 1. The summed E-state index contributed by atoms with van der Waals surface area (Å²) in [5.74, 6) is 1.70. The highest BCUT2D eigenvalue weighted by atomic mass is 127. The molecule has 8 heteroatoms. The van der Waals surface area contributed by atoms with Crippen LogP contribution in [-0.4, -0.2) is 75.6 Å². The zero-order valence-corrected chi connectivity index (χ0v) is 22.2. The number of guanidine groups is 1. The maximum Gasteiger partial charge on any atom is 0.191 e. The average Bonchev–Trinajstić information content (AvgIpc) is 2.75. The summed E-state index contributed by atoms with van der Waals surface area (Å²) in [5, 5.41) is 6.87. The minimum absolute atomic E-state index is 0. The summed E-state index contributed by atoms with van der Waals surface area (Å²) in [7, 11) is 0. The van der Waals surface area contributed by atoms with E-state index in [1.807, 2.05) is 6.92 Å². The Kier molecular flexibility index (Phi) is 13.4. The Hall–Kier alpha value is -1.10. The van der Waals surface area contributed by atoms with Gasteiger partial charge in [-0.25, -0.2) is 4.99 Å². The fourth-order valence-corrected chi connectivity index (χ4v) is 3.37. The van der Waals surface area contributed by atoms with Gasteiger partial charge in [-0.1, -0.05) is 12.1 Å². The van der Waals surface area contributed by atoms with E-state index in [0.717, 1.165) is 56.7 Å². The third-order valence-electron chi connectivity index (χ3n) is 5.22. The molecule has 0 atom stereocenters. The lowest BCUT2D eigenvalue weighted by atomic mass is 10.0. The van der Waals surface area contributed by atoms with Gasteiger partial charge in [0.25, 0.3) is 0 Å². The molecule has 1 fully saturated rings. The van der Waals surface area contributed by atoms with Crippen molar-refractivity contribution in [2.75, 3.05) is 59.2 Å². The second-order valence-electron chi connectivity index (χ2n) is 8.12. The number of benzene rings is 1. The molecular formula is C23H41IN4O3. The highest BCUT2D eigenvalue weighted by Crippen LogP contribution is 2.21. The average molecular weight is 549 g/mol. The molecule has 2 N–H and O–H groups in total. The van der Waals surface area contributed by atoms with Crippen LogP contribution in [0.1, 0.15) is 38.8 Å². The lowest BCUT2D eigenvalue weighted by molar-refractivity contribution is -0.00834. The molecule has 1 heterocycles. The molecule has 0 bridgehead atoms. The maximum absolute atomic E-state index is 5.95. The molecule has 7 nitrogen and oxygen atoms in total. The fraction of sp³-hybridized carbons (Fsp3) is 0.696. The summed E-state index contributed by atoms with van der Waals surface area (Å²) in [5.41, 5.74) is 2.27. The van der Waals surface area contributed by atoms with Gasteiger partial charge in [0.15, 0.2) is 5.96 Å². The van der Waals surface area contributed by atoms with Crippen LogP contribution in [0, 0.1) is 6.92 Å². The molecule has 1 aromatic rings. The van der Waals surface area contributed by atoms with Crippen molar-refractivity contribution in [1.82, 2.24) is 15.5 Å². The Labute approximate surface area is 205 Å². The van der Waals surface area contributed by atoms with Crippen molar-refractivity contribution in [3.63, 3.8) is 0 Å². The van der Waals surface area contributed by atoms with Crippen molar-refractivity contribution in [3.05, 3.63) is 29.3 Å². The Morgan fingerprint density at radius 1 is 1.16 bits per heavy atom. The van der Waals surface area contributed by atoms with Crippen molar-refractivity contribution >= 4 is 29.9 Å².